The van der Waals surface area contributed by atoms with Crippen molar-refractivity contribution < 1.29 is 23.0 Å². The summed E-state index contributed by atoms with van der Waals surface area (Å²) < 4.78 is 43.4. The number of halogens is 4. The van der Waals surface area contributed by atoms with Crippen LogP contribution in [0, 0.1) is 3.57 Å². The summed E-state index contributed by atoms with van der Waals surface area (Å²) in [5.74, 6) is 0.313. The van der Waals surface area contributed by atoms with Gasteiger partial charge in [-0.3, -0.25) is 5.43 Å². The minimum absolute atomic E-state index is 0.0242. The Kier molecular flexibility index (Phi) is 5.34. The molecule has 0 atom stereocenters. The summed E-state index contributed by atoms with van der Waals surface area (Å²) in [5.41, 5.74) is 2.64. The van der Waals surface area contributed by atoms with Crippen LogP contribution in [0.1, 0.15) is 11.1 Å². The molecule has 0 fully saturated rings. The van der Waals surface area contributed by atoms with Crippen LogP contribution in [-0.4, -0.2) is 18.4 Å². The molecule has 2 aromatic carbocycles. The van der Waals surface area contributed by atoms with E-state index in [2.05, 4.69) is 10.5 Å². The molecule has 0 unspecified atom stereocenters. The molecule has 0 heterocycles. The second-order valence-electron chi connectivity index (χ2n) is 4.50. The van der Waals surface area contributed by atoms with Gasteiger partial charge in [0.2, 0.25) is 0 Å². The predicted octanol–water partition coefficient (Wildman–Crippen LogP) is 4.47. The molecule has 0 aliphatic heterocycles. The van der Waals surface area contributed by atoms with E-state index in [0.717, 1.165) is 12.1 Å². The van der Waals surface area contributed by atoms with Crippen LogP contribution in [0.2, 0.25) is 0 Å². The van der Waals surface area contributed by atoms with Crippen molar-refractivity contribution in [2.75, 3.05) is 12.5 Å². The first-order valence-corrected chi connectivity index (χ1v) is 7.42. The standard InChI is InChI=1S/C15H12F3IN2O2/c1-23-13-6-9(5-12(19)14(13)22)8-20-21-11-4-2-3-10(7-11)15(16,17)18/h2-8,21-22H,1H3/b20-8+. The van der Waals surface area contributed by atoms with Crippen molar-refractivity contribution in [2.45, 2.75) is 6.18 Å². The lowest BCUT2D eigenvalue weighted by molar-refractivity contribution is -0.137. The van der Waals surface area contributed by atoms with Gasteiger partial charge in [-0.2, -0.15) is 18.3 Å². The van der Waals surface area contributed by atoms with Crippen molar-refractivity contribution in [2.24, 2.45) is 5.10 Å². The van der Waals surface area contributed by atoms with E-state index in [1.807, 2.05) is 22.6 Å². The van der Waals surface area contributed by atoms with Gasteiger partial charge in [0.25, 0.3) is 0 Å². The van der Waals surface area contributed by atoms with Crippen LogP contribution >= 0.6 is 22.6 Å². The van der Waals surface area contributed by atoms with E-state index in [4.69, 9.17) is 4.74 Å². The molecule has 0 aliphatic carbocycles. The summed E-state index contributed by atoms with van der Waals surface area (Å²) in [6.45, 7) is 0. The fourth-order valence-corrected chi connectivity index (χ4v) is 2.40. The van der Waals surface area contributed by atoms with Gasteiger partial charge in [0, 0.05) is 0 Å². The Hall–Kier alpha value is -1.97. The highest BCUT2D eigenvalue weighted by Crippen LogP contribution is 2.32. The fourth-order valence-electron chi connectivity index (χ4n) is 1.77. The normalized spacial score (nSPS) is 11.7. The molecule has 0 saturated heterocycles. The third kappa shape index (κ3) is 4.50. The van der Waals surface area contributed by atoms with Gasteiger partial charge in [-0.15, -0.1) is 0 Å². The Labute approximate surface area is 144 Å². The van der Waals surface area contributed by atoms with Crippen molar-refractivity contribution in [3.8, 4) is 11.5 Å². The maximum absolute atomic E-state index is 12.6. The van der Waals surface area contributed by atoms with Gasteiger partial charge in [0.1, 0.15) is 0 Å². The van der Waals surface area contributed by atoms with E-state index in [0.29, 0.717) is 9.13 Å². The molecule has 23 heavy (non-hydrogen) atoms. The summed E-state index contributed by atoms with van der Waals surface area (Å²) in [7, 11) is 1.42. The zero-order valence-electron chi connectivity index (χ0n) is 11.9. The van der Waals surface area contributed by atoms with Gasteiger partial charge in [-0.1, -0.05) is 6.07 Å². The van der Waals surface area contributed by atoms with Gasteiger partial charge >= 0.3 is 6.18 Å². The highest BCUT2D eigenvalue weighted by atomic mass is 127. The Bertz CT molecular complexity index is 733. The number of hydrogen-bond acceptors (Lipinski definition) is 4. The Morgan fingerprint density at radius 3 is 2.65 bits per heavy atom. The zero-order valence-corrected chi connectivity index (χ0v) is 14.0. The lowest BCUT2D eigenvalue weighted by Gasteiger charge is -2.08. The minimum Gasteiger partial charge on any atom is -0.504 e. The molecule has 2 rings (SSSR count). The lowest BCUT2D eigenvalue weighted by atomic mass is 10.2. The maximum atomic E-state index is 12.6. The molecule has 0 bridgehead atoms. The monoisotopic (exact) mass is 436 g/mol. The average molecular weight is 436 g/mol. The summed E-state index contributed by atoms with van der Waals surface area (Å²) in [6.07, 6.45) is -2.98. The van der Waals surface area contributed by atoms with Gasteiger partial charge in [-0.05, 0) is 58.5 Å². The first-order chi connectivity index (χ1) is 10.8. The lowest BCUT2D eigenvalue weighted by Crippen LogP contribution is -2.05. The number of hydrogen-bond donors (Lipinski definition) is 2. The van der Waals surface area contributed by atoms with Crippen LogP contribution in [0.5, 0.6) is 11.5 Å². The smallest absolute Gasteiger partial charge is 0.416 e. The molecular weight excluding hydrogens is 424 g/mol. The maximum Gasteiger partial charge on any atom is 0.416 e. The molecule has 0 saturated carbocycles. The topological polar surface area (TPSA) is 53.8 Å². The van der Waals surface area contributed by atoms with Crippen molar-refractivity contribution in [1.82, 2.24) is 0 Å². The second kappa shape index (κ2) is 7.07. The van der Waals surface area contributed by atoms with E-state index < -0.39 is 11.7 Å². The number of phenols is 1. The van der Waals surface area contributed by atoms with Crippen LogP contribution < -0.4 is 10.2 Å². The van der Waals surface area contributed by atoms with Crippen molar-refractivity contribution in [3.63, 3.8) is 0 Å². The minimum atomic E-state index is -4.40. The summed E-state index contributed by atoms with van der Waals surface area (Å²) in [6, 6.07) is 7.96. The fraction of sp³-hybridized carbons (Fsp3) is 0.133. The average Bonchev–Trinajstić information content (AvgIpc) is 2.50. The van der Waals surface area contributed by atoms with Crippen molar-refractivity contribution >= 4 is 34.5 Å². The van der Waals surface area contributed by atoms with Crippen molar-refractivity contribution in [1.29, 1.82) is 0 Å². The number of benzene rings is 2. The third-order valence-corrected chi connectivity index (χ3v) is 3.69. The molecule has 2 aromatic rings. The van der Waals surface area contributed by atoms with Crippen molar-refractivity contribution in [3.05, 3.63) is 51.1 Å². The molecule has 0 spiro atoms. The van der Waals surface area contributed by atoms with E-state index >= 15 is 0 Å². The SMILES string of the molecule is COc1cc(/C=N/Nc2cccc(C(F)(F)F)c2)cc(I)c1O. The van der Waals surface area contributed by atoms with E-state index in [1.165, 1.54) is 25.5 Å². The number of aromatic hydroxyl groups is 1. The number of methoxy groups -OCH3 is 1. The first kappa shape index (κ1) is 17.4. The first-order valence-electron chi connectivity index (χ1n) is 6.34. The molecule has 0 aliphatic rings. The molecule has 4 nitrogen and oxygen atoms in total. The highest BCUT2D eigenvalue weighted by Gasteiger charge is 2.30. The zero-order chi connectivity index (χ0) is 17.0. The van der Waals surface area contributed by atoms with Gasteiger partial charge < -0.3 is 9.84 Å². The Balaban J connectivity index is 2.15. The molecule has 8 heteroatoms. The summed E-state index contributed by atoms with van der Waals surface area (Å²) in [5, 5.41) is 13.6. The number of phenolic OH excluding ortho intramolecular Hbond substituents is 1. The number of anilines is 1. The second-order valence-corrected chi connectivity index (χ2v) is 5.66. The highest BCUT2D eigenvalue weighted by molar-refractivity contribution is 14.1. The quantitative estimate of drug-likeness (QED) is 0.423. The molecule has 0 amide bonds. The number of nitrogens with zero attached hydrogens (tertiary/aromatic N) is 1. The van der Waals surface area contributed by atoms with Crippen LogP contribution in [-0.2, 0) is 6.18 Å². The van der Waals surface area contributed by atoms with Gasteiger partial charge in [0.15, 0.2) is 11.5 Å². The van der Waals surface area contributed by atoms with E-state index in [9.17, 15) is 18.3 Å². The van der Waals surface area contributed by atoms with Gasteiger partial charge in [0.05, 0.1) is 28.1 Å². The summed E-state index contributed by atoms with van der Waals surface area (Å²) in [4.78, 5) is 0. The Morgan fingerprint density at radius 1 is 1.26 bits per heavy atom. The number of rotatable bonds is 4. The number of nitrogens with one attached hydrogen (secondary N) is 1. The van der Waals surface area contributed by atoms with Crippen LogP contribution in [0.4, 0.5) is 18.9 Å². The predicted molar refractivity (Wildman–Crippen MR) is 90.0 cm³/mol. The molecule has 0 radical (unpaired) electrons. The molecular formula is C15H12F3IN2O2. The molecule has 122 valence electrons. The number of alkyl halides is 3. The van der Waals surface area contributed by atoms with Crippen LogP contribution in [0.15, 0.2) is 41.5 Å². The Morgan fingerprint density at radius 2 is 2.00 bits per heavy atom. The van der Waals surface area contributed by atoms with E-state index in [-0.39, 0.29) is 17.2 Å². The number of ether oxygens (including phenoxy) is 1. The number of hydrazone groups is 1. The van der Waals surface area contributed by atoms with Crippen LogP contribution in [0.25, 0.3) is 0 Å². The summed E-state index contributed by atoms with van der Waals surface area (Å²) >= 11 is 1.94. The largest absolute Gasteiger partial charge is 0.504 e. The van der Waals surface area contributed by atoms with Crippen LogP contribution in [0.3, 0.4) is 0 Å². The molecule has 2 N–H and O–H groups in total. The third-order valence-electron chi connectivity index (χ3n) is 2.87. The van der Waals surface area contributed by atoms with Gasteiger partial charge in [-0.25, -0.2) is 0 Å². The molecule has 0 aromatic heterocycles. The van der Waals surface area contributed by atoms with E-state index in [1.54, 1.807) is 12.1 Å².